The summed E-state index contributed by atoms with van der Waals surface area (Å²) < 4.78 is 13.1. The van der Waals surface area contributed by atoms with Crippen molar-refractivity contribution in [2.45, 2.75) is 129 Å². The molecule has 0 aromatic heterocycles. The Morgan fingerprint density at radius 1 is 0.800 bits per heavy atom. The van der Waals surface area contributed by atoms with Crippen LogP contribution in [0.2, 0.25) is 0 Å². The average molecular weight is 499 g/mol. The molecule has 204 valence electrons. The SMILES string of the molecule is CCON1C(C)(C)COC2(C)CC3(C)NC(=O)CC(C)(CC1(C)CCN2)N(OCC)C(C)(C)CO3. The van der Waals surface area contributed by atoms with Crippen molar-refractivity contribution < 1.29 is 23.9 Å². The number of rotatable bonds is 4. The summed E-state index contributed by atoms with van der Waals surface area (Å²) in [4.78, 5) is 26.3. The zero-order valence-corrected chi connectivity index (χ0v) is 23.8. The van der Waals surface area contributed by atoms with Gasteiger partial charge >= 0.3 is 0 Å². The molecule has 3 aliphatic heterocycles. The largest absolute Gasteiger partial charge is 0.359 e. The Labute approximate surface area is 212 Å². The van der Waals surface area contributed by atoms with Crippen LogP contribution in [0.15, 0.2) is 0 Å². The van der Waals surface area contributed by atoms with Gasteiger partial charge in [0, 0.05) is 18.4 Å². The van der Waals surface area contributed by atoms with Crippen molar-refractivity contribution in [1.82, 2.24) is 20.8 Å². The van der Waals surface area contributed by atoms with Crippen LogP contribution in [0.3, 0.4) is 0 Å². The van der Waals surface area contributed by atoms with E-state index in [4.69, 9.17) is 19.1 Å². The van der Waals surface area contributed by atoms with Crippen LogP contribution < -0.4 is 10.6 Å². The fraction of sp³-hybridized carbons (Fsp3) is 0.962. The van der Waals surface area contributed by atoms with E-state index in [1.165, 1.54) is 0 Å². The highest BCUT2D eigenvalue weighted by Crippen LogP contribution is 2.44. The molecule has 2 N–H and O–H groups in total. The lowest BCUT2D eigenvalue weighted by molar-refractivity contribution is -0.314. The third-order valence-electron chi connectivity index (χ3n) is 7.63. The van der Waals surface area contributed by atoms with Crippen molar-refractivity contribution in [2.75, 3.05) is 33.0 Å². The number of fused-ring (bicyclic) bond motifs is 8. The molecule has 3 fully saturated rings. The Hall–Kier alpha value is -0.810. The topological polar surface area (TPSA) is 84.5 Å². The van der Waals surface area contributed by atoms with Gasteiger partial charge in [-0.2, -0.15) is 10.1 Å². The summed E-state index contributed by atoms with van der Waals surface area (Å²) in [6, 6.07) is 0. The predicted molar refractivity (Wildman–Crippen MR) is 135 cm³/mol. The molecule has 9 nitrogen and oxygen atoms in total. The maximum absolute atomic E-state index is 13.6. The molecular weight excluding hydrogens is 448 g/mol. The highest BCUT2D eigenvalue weighted by Gasteiger charge is 2.55. The quantitative estimate of drug-likeness (QED) is 0.611. The first-order valence-corrected chi connectivity index (χ1v) is 13.2. The standard InChI is InChI=1S/C26H50N4O5/c1-11-34-29-21(3,4)18-32-25(9)17-26(10)28-20(31)15-24(8,16-23(29,7)13-14-27-25)30(35-12-2)22(5,6)19-33-26/h27H,11-19H2,1-10H3,(H,28,31). The molecule has 3 heterocycles. The molecule has 3 rings (SSSR count). The highest BCUT2D eigenvalue weighted by atomic mass is 16.7. The molecule has 3 saturated heterocycles. The van der Waals surface area contributed by atoms with E-state index < -0.39 is 33.6 Å². The lowest BCUT2D eigenvalue weighted by atomic mass is 9.76. The molecule has 0 aromatic rings. The summed E-state index contributed by atoms with van der Waals surface area (Å²) >= 11 is 0. The van der Waals surface area contributed by atoms with E-state index in [1.807, 2.05) is 25.8 Å². The Morgan fingerprint density at radius 2 is 1.31 bits per heavy atom. The first kappa shape index (κ1) is 28.8. The zero-order valence-electron chi connectivity index (χ0n) is 23.8. The van der Waals surface area contributed by atoms with Crippen LogP contribution in [0.5, 0.6) is 0 Å². The van der Waals surface area contributed by atoms with Crippen molar-refractivity contribution in [2.24, 2.45) is 0 Å². The molecule has 9 heteroatoms. The summed E-state index contributed by atoms with van der Waals surface area (Å²) in [6.45, 7) is 23.6. The highest BCUT2D eigenvalue weighted by molar-refractivity contribution is 5.78. The zero-order chi connectivity index (χ0) is 26.3. The number of carbonyl (C=O) groups excluding carboxylic acids is 1. The maximum atomic E-state index is 13.6. The Kier molecular flexibility index (Phi) is 8.07. The van der Waals surface area contributed by atoms with Crippen LogP contribution in [0.25, 0.3) is 0 Å². The molecule has 4 bridgehead atoms. The number of hydrogen-bond acceptors (Lipinski definition) is 8. The smallest absolute Gasteiger partial charge is 0.224 e. The molecule has 3 aliphatic rings. The fourth-order valence-corrected chi connectivity index (χ4v) is 6.68. The third-order valence-corrected chi connectivity index (χ3v) is 7.63. The van der Waals surface area contributed by atoms with Crippen molar-refractivity contribution in [3.63, 3.8) is 0 Å². The second-order valence-corrected chi connectivity index (χ2v) is 12.8. The third kappa shape index (κ3) is 6.03. The number of ether oxygens (including phenoxy) is 2. The number of hydroxylamine groups is 4. The number of nitrogens with one attached hydrogen (secondary N) is 2. The first-order chi connectivity index (χ1) is 16.0. The second-order valence-electron chi connectivity index (χ2n) is 12.8. The van der Waals surface area contributed by atoms with Crippen molar-refractivity contribution >= 4 is 5.91 Å². The summed E-state index contributed by atoms with van der Waals surface area (Å²) in [5.74, 6) is -0.0656. The summed E-state index contributed by atoms with van der Waals surface area (Å²) in [5, 5.41) is 11.1. The number of carbonyl (C=O) groups is 1. The number of nitrogens with zero attached hydrogens (tertiary/aromatic N) is 2. The van der Waals surface area contributed by atoms with Crippen molar-refractivity contribution in [1.29, 1.82) is 0 Å². The summed E-state index contributed by atoms with van der Waals surface area (Å²) in [7, 11) is 0. The summed E-state index contributed by atoms with van der Waals surface area (Å²) in [6.07, 6.45) is 2.19. The van der Waals surface area contributed by atoms with Gasteiger partial charge in [0.15, 0.2) is 0 Å². The monoisotopic (exact) mass is 498 g/mol. The minimum atomic E-state index is -0.917. The minimum absolute atomic E-state index is 0.0656. The molecule has 35 heavy (non-hydrogen) atoms. The van der Waals surface area contributed by atoms with E-state index in [0.29, 0.717) is 39.3 Å². The minimum Gasteiger partial charge on any atom is -0.359 e. The van der Waals surface area contributed by atoms with Crippen LogP contribution in [0.1, 0.15) is 94.9 Å². The Balaban J connectivity index is 2.28. The van der Waals surface area contributed by atoms with Gasteiger partial charge in [-0.25, -0.2) is 0 Å². The van der Waals surface area contributed by atoms with Gasteiger partial charge in [-0.3, -0.25) is 19.8 Å². The molecule has 0 saturated carbocycles. The molecule has 4 atom stereocenters. The van der Waals surface area contributed by atoms with Gasteiger partial charge < -0.3 is 14.8 Å². The van der Waals surface area contributed by atoms with Crippen molar-refractivity contribution in [3.05, 3.63) is 0 Å². The van der Waals surface area contributed by atoms with E-state index in [9.17, 15) is 4.79 Å². The lowest BCUT2D eigenvalue weighted by Gasteiger charge is -2.55. The van der Waals surface area contributed by atoms with Gasteiger partial charge in [0.2, 0.25) is 5.91 Å². The fourth-order valence-electron chi connectivity index (χ4n) is 6.68. The van der Waals surface area contributed by atoms with Crippen LogP contribution >= 0.6 is 0 Å². The Morgan fingerprint density at radius 3 is 1.86 bits per heavy atom. The van der Waals surface area contributed by atoms with E-state index in [-0.39, 0.29) is 12.3 Å². The predicted octanol–water partition coefficient (Wildman–Crippen LogP) is 3.34. The average Bonchev–Trinajstić information content (AvgIpc) is 2.75. The maximum Gasteiger partial charge on any atom is 0.224 e. The number of amides is 1. The Bertz CT molecular complexity index is 779. The van der Waals surface area contributed by atoms with E-state index in [0.717, 1.165) is 13.0 Å². The van der Waals surface area contributed by atoms with Crippen LogP contribution in [-0.2, 0) is 23.9 Å². The first-order valence-electron chi connectivity index (χ1n) is 13.2. The normalized spacial score (nSPS) is 41.1. The van der Waals surface area contributed by atoms with Crippen molar-refractivity contribution in [3.8, 4) is 0 Å². The van der Waals surface area contributed by atoms with Crippen LogP contribution in [0.4, 0.5) is 0 Å². The van der Waals surface area contributed by atoms with Gasteiger partial charge in [0.05, 0.1) is 43.0 Å². The van der Waals surface area contributed by atoms with Crippen LogP contribution in [0, 0.1) is 0 Å². The molecule has 0 radical (unpaired) electrons. The van der Waals surface area contributed by atoms with E-state index >= 15 is 0 Å². The summed E-state index contributed by atoms with van der Waals surface area (Å²) in [5.41, 5.74) is -3.58. The van der Waals surface area contributed by atoms with Gasteiger partial charge in [0.25, 0.3) is 0 Å². The molecule has 4 unspecified atom stereocenters. The van der Waals surface area contributed by atoms with Gasteiger partial charge in [-0.05, 0) is 88.6 Å². The van der Waals surface area contributed by atoms with Gasteiger partial charge in [-0.1, -0.05) is 0 Å². The second kappa shape index (κ2) is 9.82. The van der Waals surface area contributed by atoms with E-state index in [2.05, 4.69) is 64.2 Å². The lowest BCUT2D eigenvalue weighted by Crippen LogP contribution is -2.66. The number of hydrogen-bond donors (Lipinski definition) is 2. The molecular formula is C26H50N4O5. The van der Waals surface area contributed by atoms with E-state index in [1.54, 1.807) is 0 Å². The molecule has 1 amide bonds. The molecule has 0 aromatic carbocycles. The molecule has 0 spiro atoms. The van der Waals surface area contributed by atoms with Gasteiger partial charge in [0.1, 0.15) is 11.4 Å². The van der Waals surface area contributed by atoms with Gasteiger partial charge in [-0.15, -0.1) is 0 Å². The van der Waals surface area contributed by atoms with Crippen LogP contribution in [-0.4, -0.2) is 82.6 Å². The molecule has 0 aliphatic carbocycles.